The summed E-state index contributed by atoms with van der Waals surface area (Å²) in [6, 6.07) is 6.88. The van der Waals surface area contributed by atoms with Crippen LogP contribution in [-0.2, 0) is 10.0 Å². The number of nitrogens with one attached hydrogen (secondary N) is 1. The summed E-state index contributed by atoms with van der Waals surface area (Å²) in [4.78, 5) is 10.1. The highest BCUT2D eigenvalue weighted by molar-refractivity contribution is 7.89. The van der Waals surface area contributed by atoms with E-state index in [-0.39, 0.29) is 23.7 Å². The molecule has 1 atom stereocenters. The van der Waals surface area contributed by atoms with Gasteiger partial charge in [0.05, 0.1) is 10.8 Å². The van der Waals surface area contributed by atoms with Gasteiger partial charge >= 0.3 is 0 Å². The van der Waals surface area contributed by atoms with Gasteiger partial charge in [0.15, 0.2) is 0 Å². The van der Waals surface area contributed by atoms with Crippen LogP contribution >= 0.6 is 11.6 Å². The summed E-state index contributed by atoms with van der Waals surface area (Å²) in [6.07, 6.45) is 0.0581. The number of sulfonamides is 1. The van der Waals surface area contributed by atoms with Gasteiger partial charge < -0.3 is 0 Å². The van der Waals surface area contributed by atoms with E-state index in [1.54, 1.807) is 18.2 Å². The van der Waals surface area contributed by atoms with Gasteiger partial charge in [-0.3, -0.25) is 10.1 Å². The molecule has 0 aliphatic rings. The monoisotopic (exact) mass is 292 g/mol. The van der Waals surface area contributed by atoms with E-state index in [0.717, 1.165) is 0 Å². The lowest BCUT2D eigenvalue weighted by molar-refractivity contribution is -0.517. The number of halogens is 1. The predicted molar refractivity (Wildman–Crippen MR) is 67.7 cm³/mol. The van der Waals surface area contributed by atoms with E-state index in [1.165, 1.54) is 12.1 Å². The molecular weight excluding hydrogens is 280 g/mol. The van der Waals surface area contributed by atoms with Crippen molar-refractivity contribution in [2.45, 2.75) is 17.4 Å². The van der Waals surface area contributed by atoms with Crippen molar-refractivity contribution in [1.82, 2.24) is 4.72 Å². The molecule has 0 spiro atoms. The summed E-state index contributed by atoms with van der Waals surface area (Å²) in [5, 5.41) is 10.5. The maximum atomic E-state index is 11.8. The van der Waals surface area contributed by atoms with Crippen LogP contribution in [0.4, 0.5) is 0 Å². The Morgan fingerprint density at radius 1 is 1.33 bits per heavy atom. The molecule has 0 aliphatic carbocycles. The number of nitro groups is 1. The van der Waals surface area contributed by atoms with E-state index in [0.29, 0.717) is 0 Å². The molecule has 6 nitrogen and oxygen atoms in total. The molecule has 0 radical (unpaired) electrons. The van der Waals surface area contributed by atoms with Gasteiger partial charge in [0.25, 0.3) is 0 Å². The Balaban J connectivity index is 2.56. The highest BCUT2D eigenvalue weighted by Gasteiger charge is 2.20. The van der Waals surface area contributed by atoms with Crippen LogP contribution < -0.4 is 4.72 Å². The third-order valence-electron chi connectivity index (χ3n) is 2.30. The summed E-state index contributed by atoms with van der Waals surface area (Å²) < 4.78 is 25.8. The Bertz CT molecular complexity index is 492. The standard InChI is InChI=1S/C10H13ClN2O4S/c11-8-9(13(14)15)6-7-12-18(16,17)10-4-2-1-3-5-10/h1-5,9,12H,6-8H2/t9-/m0/s1. The molecule has 1 rings (SSSR count). The molecule has 0 aromatic heterocycles. The van der Waals surface area contributed by atoms with Crippen LogP contribution in [0.15, 0.2) is 35.2 Å². The van der Waals surface area contributed by atoms with Crippen molar-refractivity contribution in [2.24, 2.45) is 0 Å². The molecular formula is C10H13ClN2O4S. The minimum Gasteiger partial charge on any atom is -0.264 e. The van der Waals surface area contributed by atoms with E-state index in [1.807, 2.05) is 0 Å². The van der Waals surface area contributed by atoms with Gasteiger partial charge in [-0.25, -0.2) is 13.1 Å². The topological polar surface area (TPSA) is 89.3 Å². The van der Waals surface area contributed by atoms with Gasteiger partial charge in [-0.1, -0.05) is 18.2 Å². The summed E-state index contributed by atoms with van der Waals surface area (Å²) >= 11 is 5.41. The van der Waals surface area contributed by atoms with Crippen molar-refractivity contribution in [3.8, 4) is 0 Å². The van der Waals surface area contributed by atoms with E-state index in [9.17, 15) is 18.5 Å². The Labute approximate surface area is 110 Å². The zero-order valence-electron chi connectivity index (χ0n) is 9.45. The van der Waals surface area contributed by atoms with E-state index in [4.69, 9.17) is 11.6 Å². The van der Waals surface area contributed by atoms with Gasteiger partial charge in [0.2, 0.25) is 16.1 Å². The van der Waals surface area contributed by atoms with Crippen molar-refractivity contribution < 1.29 is 13.3 Å². The zero-order chi connectivity index (χ0) is 13.6. The first-order chi connectivity index (χ1) is 8.47. The van der Waals surface area contributed by atoms with Gasteiger partial charge in [-0.2, -0.15) is 0 Å². The maximum absolute atomic E-state index is 11.8. The summed E-state index contributed by atoms with van der Waals surface area (Å²) in [5.41, 5.74) is 0. The van der Waals surface area contributed by atoms with Crippen molar-refractivity contribution >= 4 is 21.6 Å². The molecule has 8 heteroatoms. The number of alkyl halides is 1. The maximum Gasteiger partial charge on any atom is 0.240 e. The number of hydrogen-bond donors (Lipinski definition) is 1. The van der Waals surface area contributed by atoms with Crippen LogP contribution in [0.25, 0.3) is 0 Å². The fourth-order valence-corrected chi connectivity index (χ4v) is 2.62. The molecule has 0 saturated heterocycles. The summed E-state index contributed by atoms with van der Waals surface area (Å²) in [5.74, 6) is -0.139. The lowest BCUT2D eigenvalue weighted by Crippen LogP contribution is -2.30. The lowest BCUT2D eigenvalue weighted by Gasteiger charge is -2.08. The van der Waals surface area contributed by atoms with Crippen molar-refractivity contribution in [1.29, 1.82) is 0 Å². The molecule has 0 heterocycles. The SMILES string of the molecule is O=[N+]([O-])[C@H](CCl)CCNS(=O)(=O)c1ccccc1. The van der Waals surface area contributed by atoms with Crippen molar-refractivity contribution in [3.05, 3.63) is 40.4 Å². The molecule has 0 fully saturated rings. The molecule has 0 bridgehead atoms. The number of benzene rings is 1. The molecule has 1 N–H and O–H groups in total. The van der Waals surface area contributed by atoms with Crippen LogP contribution in [-0.4, -0.2) is 31.8 Å². The molecule has 1 aromatic carbocycles. The lowest BCUT2D eigenvalue weighted by atomic mass is 10.2. The average molecular weight is 293 g/mol. The molecule has 0 saturated carbocycles. The Morgan fingerprint density at radius 2 is 1.94 bits per heavy atom. The summed E-state index contributed by atoms with van der Waals surface area (Å²) in [6.45, 7) is -0.0183. The first-order valence-electron chi connectivity index (χ1n) is 5.21. The van der Waals surface area contributed by atoms with E-state index < -0.39 is 21.0 Å². The van der Waals surface area contributed by atoms with Gasteiger partial charge in [0.1, 0.15) is 0 Å². The highest BCUT2D eigenvalue weighted by atomic mass is 35.5. The number of nitrogens with zero attached hydrogens (tertiary/aromatic N) is 1. The quantitative estimate of drug-likeness (QED) is 0.465. The first kappa shape index (κ1) is 14.9. The fraction of sp³-hybridized carbons (Fsp3) is 0.400. The largest absolute Gasteiger partial charge is 0.264 e. The molecule has 18 heavy (non-hydrogen) atoms. The minimum atomic E-state index is -3.61. The summed E-state index contributed by atoms with van der Waals surface area (Å²) in [7, 11) is -3.61. The minimum absolute atomic E-state index is 0.0183. The van der Waals surface area contributed by atoms with Crippen LogP contribution in [0.5, 0.6) is 0 Å². The zero-order valence-corrected chi connectivity index (χ0v) is 11.0. The second-order valence-electron chi connectivity index (χ2n) is 3.59. The Hall–Kier alpha value is -1.18. The van der Waals surface area contributed by atoms with Crippen LogP contribution in [0, 0.1) is 10.1 Å². The van der Waals surface area contributed by atoms with Gasteiger partial charge in [-0.15, -0.1) is 11.6 Å². The second kappa shape index (κ2) is 6.67. The first-order valence-corrected chi connectivity index (χ1v) is 7.23. The Morgan fingerprint density at radius 3 is 2.44 bits per heavy atom. The van der Waals surface area contributed by atoms with E-state index in [2.05, 4.69) is 4.72 Å². The fourth-order valence-electron chi connectivity index (χ4n) is 1.28. The second-order valence-corrected chi connectivity index (χ2v) is 5.67. The normalized spacial score (nSPS) is 13.2. The molecule has 100 valence electrons. The molecule has 0 amide bonds. The molecule has 1 aromatic rings. The van der Waals surface area contributed by atoms with Crippen LogP contribution in [0.1, 0.15) is 6.42 Å². The Kier molecular flexibility index (Phi) is 5.52. The molecule has 0 aliphatic heterocycles. The van der Waals surface area contributed by atoms with Crippen LogP contribution in [0.2, 0.25) is 0 Å². The highest BCUT2D eigenvalue weighted by Crippen LogP contribution is 2.07. The van der Waals surface area contributed by atoms with E-state index >= 15 is 0 Å². The third-order valence-corrected chi connectivity index (χ3v) is 4.13. The van der Waals surface area contributed by atoms with Gasteiger partial charge in [0, 0.05) is 17.9 Å². The number of hydrogen-bond acceptors (Lipinski definition) is 4. The van der Waals surface area contributed by atoms with Crippen molar-refractivity contribution in [2.75, 3.05) is 12.4 Å². The molecule has 0 unspecified atom stereocenters. The van der Waals surface area contributed by atoms with Crippen LogP contribution in [0.3, 0.4) is 0 Å². The van der Waals surface area contributed by atoms with Gasteiger partial charge in [-0.05, 0) is 12.1 Å². The average Bonchev–Trinajstić information content (AvgIpc) is 2.35. The smallest absolute Gasteiger partial charge is 0.240 e. The van der Waals surface area contributed by atoms with Crippen molar-refractivity contribution in [3.63, 3.8) is 0 Å². The third kappa shape index (κ3) is 4.25. The number of rotatable bonds is 7. The predicted octanol–water partition coefficient (Wildman–Crippen LogP) is 1.24.